The van der Waals surface area contributed by atoms with Crippen LogP contribution >= 0.6 is 0 Å². The minimum Gasteiger partial charge on any atom is -0.497 e. The number of rotatable bonds is 4. The fraction of sp³-hybridized carbons (Fsp3) is 0.0968. The second-order valence-electron chi connectivity index (χ2n) is 8.71. The monoisotopic (exact) mass is 444 g/mol. The zero-order valence-electron chi connectivity index (χ0n) is 19.4. The highest BCUT2D eigenvalue weighted by molar-refractivity contribution is 6.16. The van der Waals surface area contributed by atoms with Crippen LogP contribution in [0.5, 0.6) is 0 Å². The van der Waals surface area contributed by atoms with E-state index in [4.69, 9.17) is 13.6 Å². The molecule has 0 saturated heterocycles. The van der Waals surface area contributed by atoms with Gasteiger partial charge in [0.1, 0.15) is 28.1 Å². The molecule has 0 aliphatic carbocycles. The molecule has 2 heterocycles. The SMILES string of the molecule is C=C(/C=C\C(=C/C)c1ccc2c(c1)oc1cc3c(cc12)oc1cc2cc(C)ccc2cc13)OC. The zero-order chi connectivity index (χ0) is 23.4. The van der Waals surface area contributed by atoms with E-state index in [0.29, 0.717) is 5.76 Å². The Hall–Kier alpha value is -4.24. The summed E-state index contributed by atoms with van der Waals surface area (Å²) in [5, 5.41) is 6.70. The maximum atomic E-state index is 6.33. The summed E-state index contributed by atoms with van der Waals surface area (Å²) in [7, 11) is 1.62. The summed E-state index contributed by atoms with van der Waals surface area (Å²) in [5.74, 6) is 0.613. The average molecular weight is 445 g/mol. The van der Waals surface area contributed by atoms with E-state index in [1.54, 1.807) is 7.11 Å². The van der Waals surface area contributed by atoms with Crippen LogP contribution in [0.4, 0.5) is 0 Å². The summed E-state index contributed by atoms with van der Waals surface area (Å²) in [4.78, 5) is 0. The van der Waals surface area contributed by atoms with Gasteiger partial charge in [-0.1, -0.05) is 48.6 Å². The Morgan fingerprint density at radius 1 is 0.735 bits per heavy atom. The standard InChI is InChI=1S/C31H24O3/c1-5-20(9-7-19(3)32-4)22-10-11-24-26-16-31-27(17-30(26)33-28(24)14-22)25-13-21-8-6-18(2)12-23(21)15-29(25)34-31/h5-17H,3H2,1-2,4H3/b9-7-,20-5+. The van der Waals surface area contributed by atoms with E-state index in [9.17, 15) is 0 Å². The van der Waals surface area contributed by atoms with Gasteiger partial charge in [0.15, 0.2) is 0 Å². The third-order valence-corrected chi connectivity index (χ3v) is 6.53. The van der Waals surface area contributed by atoms with Crippen molar-refractivity contribution in [3.05, 3.63) is 102 Å². The van der Waals surface area contributed by atoms with Crippen molar-refractivity contribution in [2.45, 2.75) is 13.8 Å². The van der Waals surface area contributed by atoms with Gasteiger partial charge in [-0.25, -0.2) is 0 Å². The molecule has 34 heavy (non-hydrogen) atoms. The van der Waals surface area contributed by atoms with Gasteiger partial charge in [-0.3, -0.25) is 0 Å². The summed E-state index contributed by atoms with van der Waals surface area (Å²) >= 11 is 0. The first-order valence-electron chi connectivity index (χ1n) is 11.3. The molecule has 0 unspecified atom stereocenters. The lowest BCUT2D eigenvalue weighted by Gasteiger charge is -2.03. The first kappa shape index (κ1) is 20.4. The van der Waals surface area contributed by atoms with Crippen molar-refractivity contribution in [1.82, 2.24) is 0 Å². The summed E-state index contributed by atoms with van der Waals surface area (Å²) in [6.07, 6.45) is 5.93. The van der Waals surface area contributed by atoms with Crippen LogP contribution in [0.15, 0.2) is 100 Å². The minimum absolute atomic E-state index is 0.613. The molecule has 4 aromatic carbocycles. The summed E-state index contributed by atoms with van der Waals surface area (Å²) in [6, 6.07) is 21.4. The number of benzene rings is 4. The molecule has 0 saturated carbocycles. The maximum absolute atomic E-state index is 6.33. The molecule has 6 rings (SSSR count). The van der Waals surface area contributed by atoms with E-state index in [1.807, 2.05) is 19.1 Å². The highest BCUT2D eigenvalue weighted by atomic mass is 16.5. The third kappa shape index (κ3) is 3.20. The molecular weight excluding hydrogens is 420 g/mol. The zero-order valence-corrected chi connectivity index (χ0v) is 19.4. The summed E-state index contributed by atoms with van der Waals surface area (Å²) in [5.41, 5.74) is 6.87. The fourth-order valence-corrected chi connectivity index (χ4v) is 4.70. The van der Waals surface area contributed by atoms with Crippen LogP contribution in [0.1, 0.15) is 18.1 Å². The van der Waals surface area contributed by atoms with Gasteiger partial charge in [-0.05, 0) is 78.2 Å². The van der Waals surface area contributed by atoms with Crippen molar-refractivity contribution in [2.24, 2.45) is 0 Å². The normalized spacial score (nSPS) is 12.7. The van der Waals surface area contributed by atoms with E-state index < -0.39 is 0 Å². The van der Waals surface area contributed by atoms with Gasteiger partial charge in [0, 0.05) is 21.5 Å². The Balaban J connectivity index is 1.51. The summed E-state index contributed by atoms with van der Waals surface area (Å²) in [6.45, 7) is 7.98. The number of fused-ring (bicyclic) bond motifs is 7. The van der Waals surface area contributed by atoms with E-state index in [0.717, 1.165) is 55.0 Å². The van der Waals surface area contributed by atoms with Crippen LogP contribution < -0.4 is 0 Å². The Kier molecular flexibility index (Phi) is 4.59. The van der Waals surface area contributed by atoms with Crippen molar-refractivity contribution in [1.29, 1.82) is 0 Å². The second kappa shape index (κ2) is 7.67. The average Bonchev–Trinajstić information content (AvgIpc) is 3.37. The van der Waals surface area contributed by atoms with Crippen LogP contribution in [-0.4, -0.2) is 7.11 Å². The quantitative estimate of drug-likeness (QED) is 0.201. The van der Waals surface area contributed by atoms with Gasteiger partial charge in [0.05, 0.1) is 7.11 Å². The van der Waals surface area contributed by atoms with Crippen molar-refractivity contribution < 1.29 is 13.6 Å². The van der Waals surface area contributed by atoms with Gasteiger partial charge in [-0.2, -0.15) is 0 Å². The van der Waals surface area contributed by atoms with Crippen LogP contribution in [0.2, 0.25) is 0 Å². The van der Waals surface area contributed by atoms with Gasteiger partial charge < -0.3 is 13.6 Å². The first-order valence-corrected chi connectivity index (χ1v) is 11.3. The molecule has 0 N–H and O–H groups in total. The molecule has 0 aliphatic rings. The molecule has 0 bridgehead atoms. The van der Waals surface area contributed by atoms with Gasteiger partial charge in [0.2, 0.25) is 0 Å². The Labute approximate surface area is 197 Å². The first-order chi connectivity index (χ1) is 16.5. The number of furan rings is 2. The van der Waals surface area contributed by atoms with Crippen molar-refractivity contribution >= 4 is 60.2 Å². The molecule has 3 nitrogen and oxygen atoms in total. The van der Waals surface area contributed by atoms with E-state index in [-0.39, 0.29) is 0 Å². The van der Waals surface area contributed by atoms with Crippen LogP contribution in [0, 0.1) is 6.92 Å². The molecule has 6 aromatic rings. The molecule has 3 heteroatoms. The number of hydrogen-bond acceptors (Lipinski definition) is 3. The van der Waals surface area contributed by atoms with Crippen LogP contribution in [0.25, 0.3) is 60.2 Å². The van der Waals surface area contributed by atoms with Gasteiger partial charge in [0.25, 0.3) is 0 Å². The molecule has 0 spiro atoms. The largest absolute Gasteiger partial charge is 0.497 e. The van der Waals surface area contributed by atoms with Gasteiger partial charge >= 0.3 is 0 Å². The fourth-order valence-electron chi connectivity index (χ4n) is 4.70. The van der Waals surface area contributed by atoms with E-state index in [2.05, 4.69) is 80.2 Å². The molecular formula is C31H24O3. The number of methoxy groups -OCH3 is 1. The molecule has 0 aliphatic heterocycles. The predicted octanol–water partition coefficient (Wildman–Crippen LogP) is 9.07. The lowest BCUT2D eigenvalue weighted by atomic mass is 10.0. The number of allylic oxidation sites excluding steroid dienone is 4. The van der Waals surface area contributed by atoms with Crippen molar-refractivity contribution in [2.75, 3.05) is 7.11 Å². The Bertz CT molecular complexity index is 1820. The van der Waals surface area contributed by atoms with Crippen LogP contribution in [0.3, 0.4) is 0 Å². The lowest BCUT2D eigenvalue weighted by molar-refractivity contribution is 0.309. The number of hydrogen-bond donors (Lipinski definition) is 0. The minimum atomic E-state index is 0.613. The molecule has 0 atom stereocenters. The number of ether oxygens (including phenoxy) is 1. The lowest BCUT2D eigenvalue weighted by Crippen LogP contribution is -1.82. The predicted molar refractivity (Wildman–Crippen MR) is 142 cm³/mol. The molecule has 0 radical (unpaired) electrons. The number of aryl methyl sites for hydroxylation is 1. The molecule has 166 valence electrons. The topological polar surface area (TPSA) is 35.5 Å². The van der Waals surface area contributed by atoms with E-state index in [1.165, 1.54) is 16.3 Å². The Morgan fingerprint density at radius 2 is 1.41 bits per heavy atom. The highest BCUT2D eigenvalue weighted by Gasteiger charge is 2.15. The molecule has 0 fully saturated rings. The summed E-state index contributed by atoms with van der Waals surface area (Å²) < 4.78 is 17.8. The molecule has 2 aromatic heterocycles. The Morgan fingerprint density at radius 3 is 2.15 bits per heavy atom. The maximum Gasteiger partial charge on any atom is 0.136 e. The highest BCUT2D eigenvalue weighted by Crippen LogP contribution is 2.38. The smallest absolute Gasteiger partial charge is 0.136 e. The third-order valence-electron chi connectivity index (χ3n) is 6.53. The van der Waals surface area contributed by atoms with Crippen molar-refractivity contribution in [3.8, 4) is 0 Å². The molecule has 0 amide bonds. The van der Waals surface area contributed by atoms with Gasteiger partial charge in [-0.15, -0.1) is 0 Å². The van der Waals surface area contributed by atoms with E-state index >= 15 is 0 Å². The van der Waals surface area contributed by atoms with Crippen LogP contribution in [-0.2, 0) is 4.74 Å². The second-order valence-corrected chi connectivity index (χ2v) is 8.71. The van der Waals surface area contributed by atoms with Crippen molar-refractivity contribution in [3.63, 3.8) is 0 Å².